The molecule has 1 fully saturated rings. The molecule has 3 rings (SSSR count). The lowest BCUT2D eigenvalue weighted by Crippen LogP contribution is -2.34. The van der Waals surface area contributed by atoms with Gasteiger partial charge >= 0.3 is 0 Å². The van der Waals surface area contributed by atoms with Gasteiger partial charge in [-0.1, -0.05) is 29.8 Å². The Hall–Kier alpha value is -1.14. The van der Waals surface area contributed by atoms with E-state index in [0.29, 0.717) is 10.7 Å². The molecule has 0 aliphatic carbocycles. The van der Waals surface area contributed by atoms with Gasteiger partial charge in [0.2, 0.25) is 0 Å². The van der Waals surface area contributed by atoms with Gasteiger partial charge in [-0.25, -0.2) is 4.98 Å². The number of nitrogens with one attached hydrogen (secondary N) is 1. The highest BCUT2D eigenvalue weighted by atomic mass is 35.5. The summed E-state index contributed by atoms with van der Waals surface area (Å²) in [7, 11) is 0. The SMILES string of the molecule is Cl.O=C(c1csc(-c2ccccc2Cl)n1)N1CCCNCC1. The molecule has 0 saturated carbocycles. The number of benzene rings is 1. The molecule has 118 valence electrons. The molecule has 22 heavy (non-hydrogen) atoms. The molecule has 1 N–H and O–H groups in total. The second kappa shape index (κ2) is 7.92. The number of hydrogen-bond donors (Lipinski definition) is 1. The van der Waals surface area contributed by atoms with E-state index < -0.39 is 0 Å². The summed E-state index contributed by atoms with van der Waals surface area (Å²) >= 11 is 7.64. The van der Waals surface area contributed by atoms with Gasteiger partial charge in [0, 0.05) is 30.6 Å². The summed E-state index contributed by atoms with van der Waals surface area (Å²) in [5.74, 6) is 0.00764. The number of thiazole rings is 1. The lowest BCUT2D eigenvalue weighted by atomic mass is 10.2. The zero-order valence-electron chi connectivity index (χ0n) is 11.9. The zero-order valence-corrected chi connectivity index (χ0v) is 14.3. The van der Waals surface area contributed by atoms with Gasteiger partial charge in [-0.05, 0) is 19.0 Å². The van der Waals surface area contributed by atoms with Crippen LogP contribution in [0, 0.1) is 0 Å². The number of halogens is 2. The summed E-state index contributed by atoms with van der Waals surface area (Å²) in [4.78, 5) is 18.8. The molecular weight excluding hydrogens is 341 g/mol. The fourth-order valence-corrected chi connectivity index (χ4v) is 3.46. The molecular formula is C15H17Cl2N3OS. The van der Waals surface area contributed by atoms with Crippen molar-refractivity contribution in [1.29, 1.82) is 0 Å². The number of amides is 1. The van der Waals surface area contributed by atoms with Crippen molar-refractivity contribution in [3.8, 4) is 10.6 Å². The predicted octanol–water partition coefficient (Wildman–Crippen LogP) is 3.32. The van der Waals surface area contributed by atoms with Crippen LogP contribution >= 0.6 is 35.3 Å². The molecule has 1 aromatic heterocycles. The van der Waals surface area contributed by atoms with Crippen molar-refractivity contribution < 1.29 is 4.79 Å². The molecule has 0 unspecified atom stereocenters. The average molecular weight is 358 g/mol. The van der Waals surface area contributed by atoms with Crippen molar-refractivity contribution in [3.63, 3.8) is 0 Å². The highest BCUT2D eigenvalue weighted by molar-refractivity contribution is 7.13. The summed E-state index contributed by atoms with van der Waals surface area (Å²) in [6.45, 7) is 3.32. The summed E-state index contributed by atoms with van der Waals surface area (Å²) < 4.78 is 0. The van der Waals surface area contributed by atoms with Gasteiger partial charge in [-0.3, -0.25) is 4.79 Å². The monoisotopic (exact) mass is 357 g/mol. The first-order chi connectivity index (χ1) is 10.3. The number of hydrogen-bond acceptors (Lipinski definition) is 4. The van der Waals surface area contributed by atoms with Crippen LogP contribution in [0.1, 0.15) is 16.9 Å². The molecule has 0 radical (unpaired) electrons. The Morgan fingerprint density at radius 3 is 2.91 bits per heavy atom. The van der Waals surface area contributed by atoms with Crippen molar-refractivity contribution in [2.75, 3.05) is 26.2 Å². The molecule has 1 aliphatic heterocycles. The van der Waals surface area contributed by atoms with E-state index in [1.54, 1.807) is 0 Å². The van der Waals surface area contributed by atoms with Gasteiger partial charge in [0.05, 0.1) is 5.02 Å². The minimum absolute atomic E-state index is 0. The third-order valence-electron chi connectivity index (χ3n) is 3.45. The van der Waals surface area contributed by atoms with Crippen LogP contribution in [0.5, 0.6) is 0 Å². The summed E-state index contributed by atoms with van der Waals surface area (Å²) in [6, 6.07) is 7.56. The maximum absolute atomic E-state index is 12.5. The number of carbonyl (C=O) groups is 1. The van der Waals surface area contributed by atoms with Crippen LogP contribution in [0.15, 0.2) is 29.6 Å². The summed E-state index contributed by atoms with van der Waals surface area (Å²) in [5, 5.41) is 6.56. The highest BCUT2D eigenvalue weighted by Gasteiger charge is 2.20. The van der Waals surface area contributed by atoms with Crippen LogP contribution in [-0.4, -0.2) is 42.0 Å². The second-order valence-corrected chi connectivity index (χ2v) is 6.18. The molecule has 0 bridgehead atoms. The predicted molar refractivity (Wildman–Crippen MR) is 93.2 cm³/mol. The second-order valence-electron chi connectivity index (χ2n) is 4.91. The van der Waals surface area contributed by atoms with E-state index in [-0.39, 0.29) is 18.3 Å². The molecule has 7 heteroatoms. The van der Waals surface area contributed by atoms with Gasteiger partial charge in [0.15, 0.2) is 0 Å². The first-order valence-corrected chi connectivity index (χ1v) is 8.22. The molecule has 1 saturated heterocycles. The van der Waals surface area contributed by atoms with Gasteiger partial charge in [-0.15, -0.1) is 23.7 Å². The number of rotatable bonds is 2. The van der Waals surface area contributed by atoms with E-state index in [1.807, 2.05) is 34.5 Å². The highest BCUT2D eigenvalue weighted by Crippen LogP contribution is 2.30. The number of carbonyl (C=O) groups excluding carboxylic acids is 1. The van der Waals surface area contributed by atoms with E-state index in [2.05, 4.69) is 10.3 Å². The van der Waals surface area contributed by atoms with Crippen molar-refractivity contribution >= 4 is 41.3 Å². The maximum Gasteiger partial charge on any atom is 0.273 e. The largest absolute Gasteiger partial charge is 0.336 e. The molecule has 2 heterocycles. The molecule has 1 amide bonds. The van der Waals surface area contributed by atoms with E-state index in [0.717, 1.165) is 43.2 Å². The van der Waals surface area contributed by atoms with Crippen LogP contribution in [-0.2, 0) is 0 Å². The van der Waals surface area contributed by atoms with Crippen LogP contribution in [0.3, 0.4) is 0 Å². The zero-order chi connectivity index (χ0) is 14.7. The number of aromatic nitrogens is 1. The van der Waals surface area contributed by atoms with Crippen LogP contribution in [0.2, 0.25) is 5.02 Å². The Morgan fingerprint density at radius 1 is 1.27 bits per heavy atom. The normalized spacial score (nSPS) is 15.0. The fourth-order valence-electron chi connectivity index (χ4n) is 2.34. The molecule has 1 aromatic carbocycles. The third-order valence-corrected chi connectivity index (χ3v) is 4.66. The molecule has 1 aliphatic rings. The van der Waals surface area contributed by atoms with Crippen LogP contribution in [0.4, 0.5) is 0 Å². The average Bonchev–Trinajstić information content (AvgIpc) is 2.82. The Bertz CT molecular complexity index is 639. The van der Waals surface area contributed by atoms with E-state index in [1.165, 1.54) is 11.3 Å². The lowest BCUT2D eigenvalue weighted by molar-refractivity contribution is 0.0761. The Morgan fingerprint density at radius 2 is 2.09 bits per heavy atom. The van der Waals surface area contributed by atoms with Crippen molar-refractivity contribution in [2.45, 2.75) is 6.42 Å². The third kappa shape index (κ3) is 3.79. The van der Waals surface area contributed by atoms with E-state index in [4.69, 9.17) is 11.6 Å². The molecule has 2 aromatic rings. The minimum atomic E-state index is 0. The van der Waals surface area contributed by atoms with Crippen molar-refractivity contribution in [3.05, 3.63) is 40.4 Å². The van der Waals surface area contributed by atoms with Gasteiger partial charge < -0.3 is 10.2 Å². The van der Waals surface area contributed by atoms with Crippen molar-refractivity contribution in [2.24, 2.45) is 0 Å². The first kappa shape index (κ1) is 17.2. The standard InChI is InChI=1S/C15H16ClN3OS.ClH/c16-12-5-2-1-4-11(12)14-18-13(10-21-14)15(20)19-8-3-6-17-7-9-19;/h1-2,4-5,10,17H,3,6-9H2;1H. The van der Waals surface area contributed by atoms with Gasteiger partial charge in [0.1, 0.15) is 10.7 Å². The molecule has 4 nitrogen and oxygen atoms in total. The van der Waals surface area contributed by atoms with Gasteiger partial charge in [-0.2, -0.15) is 0 Å². The Kier molecular flexibility index (Phi) is 6.20. The van der Waals surface area contributed by atoms with Crippen molar-refractivity contribution in [1.82, 2.24) is 15.2 Å². The Labute approximate surface area is 144 Å². The number of nitrogens with zero attached hydrogens (tertiary/aromatic N) is 2. The quantitative estimate of drug-likeness (QED) is 0.896. The van der Waals surface area contributed by atoms with Crippen LogP contribution in [0.25, 0.3) is 10.6 Å². The van der Waals surface area contributed by atoms with E-state index in [9.17, 15) is 4.79 Å². The first-order valence-electron chi connectivity index (χ1n) is 6.96. The molecule has 0 atom stereocenters. The lowest BCUT2D eigenvalue weighted by Gasteiger charge is -2.18. The topological polar surface area (TPSA) is 45.2 Å². The summed E-state index contributed by atoms with van der Waals surface area (Å²) in [6.07, 6.45) is 0.979. The van der Waals surface area contributed by atoms with Crippen LogP contribution < -0.4 is 5.32 Å². The van der Waals surface area contributed by atoms with E-state index >= 15 is 0 Å². The fraction of sp³-hybridized carbons (Fsp3) is 0.333. The smallest absolute Gasteiger partial charge is 0.273 e. The maximum atomic E-state index is 12.5. The van der Waals surface area contributed by atoms with Gasteiger partial charge in [0.25, 0.3) is 5.91 Å². The molecule has 0 spiro atoms. The summed E-state index contributed by atoms with van der Waals surface area (Å²) in [5.41, 5.74) is 1.39. The Balaban J connectivity index is 0.00000176. The minimum Gasteiger partial charge on any atom is -0.336 e.